The molecule has 21 heavy (non-hydrogen) atoms. The first-order valence-electron chi connectivity index (χ1n) is 6.45. The van der Waals surface area contributed by atoms with Gasteiger partial charge >= 0.3 is 6.18 Å². The zero-order chi connectivity index (χ0) is 15.9. The van der Waals surface area contributed by atoms with Crippen molar-refractivity contribution >= 4 is 11.6 Å². The number of hydrogen-bond acceptors (Lipinski definition) is 2. The second-order valence-corrected chi connectivity index (χ2v) is 4.35. The lowest BCUT2D eigenvalue weighted by atomic mass is 10.1. The van der Waals surface area contributed by atoms with E-state index < -0.39 is 24.9 Å². The molecule has 1 aromatic rings. The molecule has 0 heterocycles. The van der Waals surface area contributed by atoms with Crippen LogP contribution in [0.3, 0.4) is 0 Å². The van der Waals surface area contributed by atoms with Crippen molar-refractivity contribution in [3.63, 3.8) is 0 Å². The summed E-state index contributed by atoms with van der Waals surface area (Å²) in [5, 5.41) is 11.1. The van der Waals surface area contributed by atoms with Crippen LogP contribution in [0, 0.1) is 11.8 Å². The largest absolute Gasteiger partial charge is 0.389 e. The topological polar surface area (TPSA) is 49.3 Å². The molecule has 0 aromatic heterocycles. The van der Waals surface area contributed by atoms with Crippen LogP contribution in [0.5, 0.6) is 0 Å². The Bertz CT molecular complexity index is 556. The number of hydrogen-bond donors (Lipinski definition) is 2. The molecule has 0 fully saturated rings. The number of aliphatic hydroxyl groups is 1. The summed E-state index contributed by atoms with van der Waals surface area (Å²) in [6.45, 7) is 1.61. The van der Waals surface area contributed by atoms with E-state index in [0.29, 0.717) is 17.7 Å². The van der Waals surface area contributed by atoms with E-state index in [1.54, 1.807) is 18.2 Å². The van der Waals surface area contributed by atoms with Gasteiger partial charge in [0.1, 0.15) is 6.61 Å². The second-order valence-electron chi connectivity index (χ2n) is 4.35. The van der Waals surface area contributed by atoms with Crippen LogP contribution in [0.4, 0.5) is 18.9 Å². The lowest BCUT2D eigenvalue weighted by Crippen LogP contribution is -2.17. The maximum atomic E-state index is 12.1. The van der Waals surface area contributed by atoms with Gasteiger partial charge in [-0.3, -0.25) is 4.79 Å². The molecule has 0 spiro atoms. The molecule has 1 amide bonds. The van der Waals surface area contributed by atoms with Crippen molar-refractivity contribution in [3.05, 3.63) is 29.3 Å². The fourth-order valence-corrected chi connectivity index (χ4v) is 1.70. The highest BCUT2D eigenvalue weighted by Gasteiger charge is 2.27. The number of nitrogens with one attached hydrogen (secondary N) is 1. The van der Waals surface area contributed by atoms with Gasteiger partial charge in [0.15, 0.2) is 0 Å². The Morgan fingerprint density at radius 1 is 1.38 bits per heavy atom. The molecule has 0 radical (unpaired) electrons. The molecule has 0 aliphatic rings. The van der Waals surface area contributed by atoms with Crippen molar-refractivity contribution in [2.24, 2.45) is 0 Å². The average molecular weight is 299 g/mol. The van der Waals surface area contributed by atoms with Crippen molar-refractivity contribution in [3.8, 4) is 11.8 Å². The van der Waals surface area contributed by atoms with Crippen LogP contribution in [-0.2, 0) is 11.2 Å². The Kier molecular flexibility index (Phi) is 6.25. The molecular weight excluding hydrogens is 283 g/mol. The fraction of sp³-hybridized carbons (Fsp3) is 0.400. The van der Waals surface area contributed by atoms with Gasteiger partial charge in [0, 0.05) is 17.7 Å². The lowest BCUT2D eigenvalue weighted by molar-refractivity contribution is -0.142. The number of aliphatic hydroxyl groups excluding tert-OH is 1. The van der Waals surface area contributed by atoms with E-state index in [1.165, 1.54) is 0 Å². The Labute approximate surface area is 121 Å². The third-order valence-corrected chi connectivity index (χ3v) is 2.71. The van der Waals surface area contributed by atoms with Gasteiger partial charge in [0.2, 0.25) is 5.91 Å². The van der Waals surface area contributed by atoms with Crippen LogP contribution >= 0.6 is 0 Å². The van der Waals surface area contributed by atoms with Crippen molar-refractivity contribution in [2.45, 2.75) is 32.4 Å². The van der Waals surface area contributed by atoms with Crippen LogP contribution < -0.4 is 5.32 Å². The van der Waals surface area contributed by atoms with E-state index in [0.717, 1.165) is 5.56 Å². The van der Waals surface area contributed by atoms with Gasteiger partial charge in [-0.25, -0.2) is 0 Å². The summed E-state index contributed by atoms with van der Waals surface area (Å²) in [5.41, 5.74) is 1.94. The number of halogens is 3. The molecule has 114 valence electrons. The lowest BCUT2D eigenvalue weighted by Gasteiger charge is -2.11. The maximum Gasteiger partial charge on any atom is 0.389 e. The summed E-state index contributed by atoms with van der Waals surface area (Å²) in [5.74, 6) is 4.57. The minimum Gasteiger partial charge on any atom is -0.384 e. The number of carbonyl (C=O) groups is 1. The van der Waals surface area contributed by atoms with Crippen molar-refractivity contribution in [1.82, 2.24) is 0 Å². The van der Waals surface area contributed by atoms with Crippen molar-refractivity contribution in [1.29, 1.82) is 0 Å². The molecule has 1 aromatic carbocycles. The Balaban J connectivity index is 2.77. The smallest absolute Gasteiger partial charge is 0.384 e. The van der Waals surface area contributed by atoms with Gasteiger partial charge in [-0.1, -0.05) is 18.8 Å². The first-order chi connectivity index (χ1) is 9.85. The number of aryl methyl sites for hydroxylation is 1. The predicted octanol–water partition coefficient (Wildman–Crippen LogP) is 2.87. The first kappa shape index (κ1) is 17.1. The second kappa shape index (κ2) is 7.70. The molecule has 6 heteroatoms. The van der Waals surface area contributed by atoms with E-state index in [2.05, 4.69) is 17.2 Å². The predicted molar refractivity (Wildman–Crippen MR) is 73.7 cm³/mol. The highest BCUT2D eigenvalue weighted by molar-refractivity contribution is 5.91. The van der Waals surface area contributed by atoms with Crippen LogP contribution in [0.1, 0.15) is 30.9 Å². The molecule has 0 atom stereocenters. The highest BCUT2D eigenvalue weighted by Crippen LogP contribution is 2.23. The summed E-state index contributed by atoms with van der Waals surface area (Å²) in [6, 6.07) is 4.98. The molecule has 0 aliphatic heterocycles. The molecule has 0 unspecified atom stereocenters. The Morgan fingerprint density at radius 3 is 2.67 bits per heavy atom. The summed E-state index contributed by atoms with van der Waals surface area (Å²) < 4.78 is 36.2. The van der Waals surface area contributed by atoms with Crippen LogP contribution in [0.15, 0.2) is 18.2 Å². The van der Waals surface area contributed by atoms with Crippen LogP contribution in [0.25, 0.3) is 0 Å². The van der Waals surface area contributed by atoms with Crippen LogP contribution in [0.2, 0.25) is 0 Å². The van der Waals surface area contributed by atoms with E-state index in [4.69, 9.17) is 5.11 Å². The minimum absolute atomic E-state index is 0.253. The minimum atomic E-state index is -4.34. The molecule has 0 saturated carbocycles. The van der Waals surface area contributed by atoms with Gasteiger partial charge in [0.05, 0.1) is 6.42 Å². The van der Waals surface area contributed by atoms with E-state index in [-0.39, 0.29) is 6.61 Å². The zero-order valence-corrected chi connectivity index (χ0v) is 11.5. The van der Waals surface area contributed by atoms with Gasteiger partial charge in [0.25, 0.3) is 0 Å². The molecule has 0 aliphatic carbocycles. The fourth-order valence-electron chi connectivity index (χ4n) is 1.70. The number of benzene rings is 1. The summed E-state index contributed by atoms with van der Waals surface area (Å²) in [7, 11) is 0. The first-order valence-corrected chi connectivity index (χ1v) is 6.45. The molecular formula is C15H16F3NO2. The standard InChI is InChI=1S/C15H16F3NO2/c1-2-12-10-11(4-3-9-20)5-6-13(12)19-14(21)7-8-15(16,17)18/h5-6,10,20H,2,7-9H2,1H3,(H,19,21). The number of rotatable bonds is 4. The quantitative estimate of drug-likeness (QED) is 0.840. The number of anilines is 1. The number of alkyl halides is 3. The summed E-state index contributed by atoms with van der Waals surface area (Å²) >= 11 is 0. The summed E-state index contributed by atoms with van der Waals surface area (Å²) in [6.07, 6.45) is -5.47. The monoisotopic (exact) mass is 299 g/mol. The van der Waals surface area contributed by atoms with Crippen molar-refractivity contribution in [2.75, 3.05) is 11.9 Å². The van der Waals surface area contributed by atoms with E-state index in [1.807, 2.05) is 6.92 Å². The third-order valence-electron chi connectivity index (χ3n) is 2.71. The molecule has 2 N–H and O–H groups in total. The molecule has 1 rings (SSSR count). The number of amides is 1. The van der Waals surface area contributed by atoms with Crippen molar-refractivity contribution < 1.29 is 23.1 Å². The molecule has 0 saturated heterocycles. The molecule has 0 bridgehead atoms. The third kappa shape index (κ3) is 6.32. The van der Waals surface area contributed by atoms with Gasteiger partial charge in [-0.15, -0.1) is 0 Å². The maximum absolute atomic E-state index is 12.1. The van der Waals surface area contributed by atoms with Gasteiger partial charge < -0.3 is 10.4 Å². The van der Waals surface area contributed by atoms with Crippen LogP contribution in [-0.4, -0.2) is 23.8 Å². The summed E-state index contributed by atoms with van der Waals surface area (Å²) in [4.78, 5) is 11.5. The van der Waals surface area contributed by atoms with Gasteiger partial charge in [-0.2, -0.15) is 13.2 Å². The Hall–Kier alpha value is -2.00. The van der Waals surface area contributed by atoms with E-state index >= 15 is 0 Å². The average Bonchev–Trinajstić information content (AvgIpc) is 2.43. The highest BCUT2D eigenvalue weighted by atomic mass is 19.4. The number of carbonyl (C=O) groups excluding carboxylic acids is 1. The SMILES string of the molecule is CCc1cc(C#CCO)ccc1NC(=O)CCC(F)(F)F. The van der Waals surface area contributed by atoms with Gasteiger partial charge in [-0.05, 0) is 30.2 Å². The normalized spacial score (nSPS) is 10.7. The zero-order valence-electron chi connectivity index (χ0n) is 11.5. The molecule has 3 nitrogen and oxygen atoms in total. The van der Waals surface area contributed by atoms with E-state index in [9.17, 15) is 18.0 Å². The Morgan fingerprint density at radius 2 is 2.10 bits per heavy atom.